The molecule has 54 valence electrons. The monoisotopic (exact) mass is 174 g/mol. The fourth-order valence-corrected chi connectivity index (χ4v) is 1.35. The summed E-state index contributed by atoms with van der Waals surface area (Å²) in [7, 11) is 0. The molecular weight excluding hydrogens is 168 g/mol. The topological polar surface area (TPSA) is 25.8 Å². The van der Waals surface area contributed by atoms with E-state index in [2.05, 4.69) is 16.9 Å². The van der Waals surface area contributed by atoms with E-state index in [1.807, 2.05) is 6.07 Å². The molecule has 1 rings (SSSR count). The fraction of sp³-hybridized carbons (Fsp3) is 0.333. The van der Waals surface area contributed by atoms with E-state index in [1.165, 1.54) is 0 Å². The molecule has 1 aromatic heterocycles. The van der Waals surface area contributed by atoms with Crippen molar-refractivity contribution < 1.29 is 0 Å². The second-order valence-corrected chi connectivity index (χ2v) is 3.22. The van der Waals surface area contributed by atoms with Crippen LogP contribution in [0.25, 0.3) is 0 Å². The molecule has 2 nitrogen and oxygen atoms in total. The molecule has 10 heavy (non-hydrogen) atoms. The fourth-order valence-electron chi connectivity index (χ4n) is 0.548. The van der Waals surface area contributed by atoms with E-state index in [0.717, 1.165) is 10.8 Å². The van der Waals surface area contributed by atoms with Gasteiger partial charge in [0.25, 0.3) is 0 Å². The first-order valence-electron chi connectivity index (χ1n) is 2.94. The van der Waals surface area contributed by atoms with Crippen LogP contribution in [-0.4, -0.2) is 15.7 Å². The van der Waals surface area contributed by atoms with Gasteiger partial charge >= 0.3 is 0 Å². The normalized spacial score (nSPS) is 9.80. The lowest BCUT2D eigenvalue weighted by Crippen LogP contribution is -1.83. The van der Waals surface area contributed by atoms with Crippen LogP contribution in [0.5, 0.6) is 0 Å². The lowest BCUT2D eigenvalue weighted by atomic mass is 10.7. The van der Waals surface area contributed by atoms with E-state index in [0.29, 0.717) is 5.28 Å². The Kier molecular flexibility index (Phi) is 2.96. The summed E-state index contributed by atoms with van der Waals surface area (Å²) in [4.78, 5) is 7.74. The Morgan fingerprint density at radius 1 is 1.70 bits per heavy atom. The molecule has 0 atom stereocenters. The predicted molar refractivity (Wildman–Crippen MR) is 43.4 cm³/mol. The molecule has 0 N–H and O–H groups in total. The number of aromatic nitrogens is 2. The number of hydrogen-bond donors (Lipinski definition) is 0. The van der Waals surface area contributed by atoms with Crippen molar-refractivity contribution in [3.63, 3.8) is 0 Å². The van der Waals surface area contributed by atoms with Crippen molar-refractivity contribution >= 4 is 23.4 Å². The van der Waals surface area contributed by atoms with Crippen molar-refractivity contribution in [1.82, 2.24) is 9.97 Å². The van der Waals surface area contributed by atoms with Crippen LogP contribution in [0.1, 0.15) is 6.92 Å². The maximum Gasteiger partial charge on any atom is 0.223 e. The summed E-state index contributed by atoms with van der Waals surface area (Å²) < 4.78 is 0. The van der Waals surface area contributed by atoms with Crippen LogP contribution in [0.4, 0.5) is 0 Å². The molecule has 0 radical (unpaired) electrons. The Balaban J connectivity index is 2.75. The molecule has 1 heterocycles. The molecule has 0 aliphatic rings. The van der Waals surface area contributed by atoms with Gasteiger partial charge in [-0.05, 0) is 23.4 Å². The van der Waals surface area contributed by atoms with Gasteiger partial charge in [0.15, 0.2) is 0 Å². The molecule has 4 heteroatoms. The van der Waals surface area contributed by atoms with Gasteiger partial charge in [-0.3, -0.25) is 0 Å². The summed E-state index contributed by atoms with van der Waals surface area (Å²) in [5.74, 6) is 1.01. The van der Waals surface area contributed by atoms with E-state index < -0.39 is 0 Å². The van der Waals surface area contributed by atoms with Gasteiger partial charge in [0, 0.05) is 6.20 Å². The van der Waals surface area contributed by atoms with Crippen molar-refractivity contribution in [2.75, 3.05) is 5.75 Å². The van der Waals surface area contributed by atoms with Crippen LogP contribution in [0, 0.1) is 0 Å². The molecule has 0 saturated carbocycles. The molecule has 0 unspecified atom stereocenters. The summed E-state index contributed by atoms with van der Waals surface area (Å²) in [6, 6.07) is 1.85. The van der Waals surface area contributed by atoms with E-state index in [9.17, 15) is 0 Å². The summed E-state index contributed by atoms with van der Waals surface area (Å²) >= 11 is 7.20. The Hall–Kier alpha value is -0.280. The van der Waals surface area contributed by atoms with Crippen LogP contribution in [-0.2, 0) is 0 Å². The first kappa shape index (κ1) is 7.82. The van der Waals surface area contributed by atoms with Gasteiger partial charge in [-0.15, -0.1) is 11.8 Å². The van der Waals surface area contributed by atoms with Gasteiger partial charge in [0.1, 0.15) is 5.03 Å². The quantitative estimate of drug-likeness (QED) is 0.391. The molecule has 0 aliphatic carbocycles. The largest absolute Gasteiger partial charge is 0.226 e. The Bertz CT molecular complexity index is 217. The van der Waals surface area contributed by atoms with Crippen molar-refractivity contribution in [3.05, 3.63) is 17.5 Å². The predicted octanol–water partition coefficient (Wildman–Crippen LogP) is 2.24. The molecule has 0 aliphatic heterocycles. The van der Waals surface area contributed by atoms with Gasteiger partial charge < -0.3 is 0 Å². The lowest BCUT2D eigenvalue weighted by molar-refractivity contribution is 1.05. The smallest absolute Gasteiger partial charge is 0.223 e. The zero-order chi connectivity index (χ0) is 7.40. The highest BCUT2D eigenvalue weighted by Gasteiger charge is 1.93. The highest BCUT2D eigenvalue weighted by atomic mass is 35.5. The third kappa shape index (κ3) is 2.15. The van der Waals surface area contributed by atoms with E-state index in [4.69, 9.17) is 11.6 Å². The second kappa shape index (κ2) is 3.78. The van der Waals surface area contributed by atoms with Gasteiger partial charge in [0.2, 0.25) is 5.28 Å². The molecular formula is C6H7ClN2S. The third-order valence-corrected chi connectivity index (χ3v) is 1.89. The number of thioether (sulfide) groups is 1. The number of halogens is 1. The van der Waals surface area contributed by atoms with Gasteiger partial charge in [-0.1, -0.05) is 6.92 Å². The Morgan fingerprint density at radius 3 is 3.10 bits per heavy atom. The molecule has 0 aromatic carbocycles. The van der Waals surface area contributed by atoms with Crippen LogP contribution < -0.4 is 0 Å². The van der Waals surface area contributed by atoms with E-state index >= 15 is 0 Å². The van der Waals surface area contributed by atoms with Crippen molar-refractivity contribution in [1.29, 1.82) is 0 Å². The van der Waals surface area contributed by atoms with Crippen molar-refractivity contribution in [2.45, 2.75) is 11.9 Å². The zero-order valence-electron chi connectivity index (χ0n) is 5.54. The molecule has 0 fully saturated rings. The zero-order valence-corrected chi connectivity index (χ0v) is 7.11. The third-order valence-electron chi connectivity index (χ3n) is 0.893. The van der Waals surface area contributed by atoms with Gasteiger partial charge in [-0.25, -0.2) is 9.97 Å². The minimum atomic E-state index is 0.318. The first-order chi connectivity index (χ1) is 4.83. The highest BCUT2D eigenvalue weighted by Crippen LogP contribution is 2.14. The Morgan fingerprint density at radius 2 is 2.50 bits per heavy atom. The maximum atomic E-state index is 5.55. The number of rotatable bonds is 2. The minimum Gasteiger partial charge on any atom is -0.226 e. The van der Waals surface area contributed by atoms with E-state index in [1.54, 1.807) is 18.0 Å². The first-order valence-corrected chi connectivity index (χ1v) is 4.30. The van der Waals surface area contributed by atoms with Crippen molar-refractivity contribution in [3.8, 4) is 0 Å². The van der Waals surface area contributed by atoms with E-state index in [-0.39, 0.29) is 0 Å². The molecule has 1 aromatic rings. The molecule has 0 bridgehead atoms. The van der Waals surface area contributed by atoms with Crippen LogP contribution >= 0.6 is 23.4 Å². The average molecular weight is 175 g/mol. The molecule has 0 amide bonds. The SMILES string of the molecule is CCSc1ccnc(Cl)n1. The second-order valence-electron chi connectivity index (χ2n) is 1.60. The van der Waals surface area contributed by atoms with Gasteiger partial charge in [-0.2, -0.15) is 0 Å². The number of hydrogen-bond acceptors (Lipinski definition) is 3. The average Bonchev–Trinajstić information content (AvgIpc) is 1.88. The minimum absolute atomic E-state index is 0.318. The number of nitrogens with zero attached hydrogens (tertiary/aromatic N) is 2. The molecule has 0 saturated heterocycles. The van der Waals surface area contributed by atoms with Crippen molar-refractivity contribution in [2.24, 2.45) is 0 Å². The summed E-state index contributed by atoms with van der Waals surface area (Å²) in [5, 5.41) is 1.25. The summed E-state index contributed by atoms with van der Waals surface area (Å²) in [6.07, 6.45) is 1.66. The highest BCUT2D eigenvalue weighted by molar-refractivity contribution is 7.99. The van der Waals surface area contributed by atoms with Crippen LogP contribution in [0.15, 0.2) is 17.3 Å². The van der Waals surface area contributed by atoms with Crippen LogP contribution in [0.2, 0.25) is 5.28 Å². The van der Waals surface area contributed by atoms with Crippen LogP contribution in [0.3, 0.4) is 0 Å². The maximum absolute atomic E-state index is 5.55. The lowest BCUT2D eigenvalue weighted by Gasteiger charge is -1.94. The summed E-state index contributed by atoms with van der Waals surface area (Å²) in [5.41, 5.74) is 0. The summed E-state index contributed by atoms with van der Waals surface area (Å²) in [6.45, 7) is 2.07. The molecule has 0 spiro atoms. The Labute approximate surface area is 69.0 Å². The van der Waals surface area contributed by atoms with Gasteiger partial charge in [0.05, 0.1) is 0 Å². The standard InChI is InChI=1S/C6H7ClN2S/c1-2-10-5-3-4-8-6(7)9-5/h3-4H,2H2,1H3.